The molecule has 0 spiro atoms. The number of aromatic carboxylic acids is 1. The van der Waals surface area contributed by atoms with E-state index in [-0.39, 0.29) is 27.8 Å². The van der Waals surface area contributed by atoms with Crippen LogP contribution in [0.25, 0.3) is 0 Å². The molecule has 9 heteroatoms. The Morgan fingerprint density at radius 2 is 1.95 bits per heavy atom. The normalized spacial score (nSPS) is 12.2. The first-order chi connectivity index (χ1) is 10.0. The quantitative estimate of drug-likeness (QED) is 0.776. The van der Waals surface area contributed by atoms with Crippen LogP contribution in [0.1, 0.15) is 24.2 Å². The lowest BCUT2D eigenvalue weighted by Gasteiger charge is -2.25. The van der Waals surface area contributed by atoms with Gasteiger partial charge in [0.2, 0.25) is 10.0 Å². The Kier molecular flexibility index (Phi) is 5.80. The fourth-order valence-electron chi connectivity index (χ4n) is 1.95. The van der Waals surface area contributed by atoms with Crippen LogP contribution in [0.5, 0.6) is 5.75 Å². The molecule has 2 N–H and O–H groups in total. The average Bonchev–Trinajstić information content (AvgIpc) is 2.36. The molecule has 7 nitrogen and oxygen atoms in total. The monoisotopic (exact) mass is 351 g/mol. The molecule has 0 saturated carbocycles. The summed E-state index contributed by atoms with van der Waals surface area (Å²) in [6.07, 6.45) is 0. The van der Waals surface area contributed by atoms with Crippen LogP contribution in [0.15, 0.2) is 17.0 Å². The largest absolute Gasteiger partial charge is 0.494 e. The van der Waals surface area contributed by atoms with Crippen LogP contribution in [0.3, 0.4) is 0 Å². The Labute approximate surface area is 134 Å². The number of nitrogens with one attached hydrogen (secondary N) is 1. The summed E-state index contributed by atoms with van der Waals surface area (Å²) in [5.41, 5.74) is -1.23. The molecule has 0 radical (unpaired) electrons. The molecule has 0 bridgehead atoms. The van der Waals surface area contributed by atoms with Crippen molar-refractivity contribution in [2.24, 2.45) is 0 Å². The van der Waals surface area contributed by atoms with E-state index in [9.17, 15) is 13.2 Å². The number of carbonyl (C=O) groups is 1. The predicted molar refractivity (Wildman–Crippen MR) is 81.2 cm³/mol. The molecule has 0 aliphatic rings. The van der Waals surface area contributed by atoms with Crippen molar-refractivity contribution in [3.05, 3.63) is 22.7 Å². The molecule has 0 aromatic heterocycles. The summed E-state index contributed by atoms with van der Waals surface area (Å²) in [6, 6.07) is 2.26. The minimum absolute atomic E-state index is 0.0249. The van der Waals surface area contributed by atoms with Gasteiger partial charge in [0, 0.05) is 12.1 Å². The molecule has 0 saturated heterocycles. The van der Waals surface area contributed by atoms with Crippen LogP contribution in [-0.2, 0) is 14.8 Å². The fraction of sp³-hybridized carbons (Fsp3) is 0.462. The zero-order chi connectivity index (χ0) is 17.1. The van der Waals surface area contributed by atoms with Crippen molar-refractivity contribution in [3.8, 4) is 5.75 Å². The third kappa shape index (κ3) is 4.33. The molecule has 124 valence electrons. The molecule has 0 aliphatic carbocycles. The molecule has 1 aromatic rings. The van der Waals surface area contributed by atoms with Gasteiger partial charge in [0.15, 0.2) is 5.75 Å². The van der Waals surface area contributed by atoms with Crippen LogP contribution in [-0.4, -0.2) is 45.9 Å². The van der Waals surface area contributed by atoms with E-state index in [1.807, 2.05) is 0 Å². The highest BCUT2D eigenvalue weighted by atomic mass is 35.5. The first-order valence-corrected chi connectivity index (χ1v) is 8.04. The zero-order valence-corrected chi connectivity index (χ0v) is 14.2. The van der Waals surface area contributed by atoms with Crippen molar-refractivity contribution >= 4 is 27.6 Å². The molecule has 22 heavy (non-hydrogen) atoms. The topological polar surface area (TPSA) is 102 Å². The molecular weight excluding hydrogens is 334 g/mol. The van der Waals surface area contributed by atoms with Crippen LogP contribution in [0.4, 0.5) is 0 Å². The van der Waals surface area contributed by atoms with E-state index in [2.05, 4.69) is 4.72 Å². The van der Waals surface area contributed by atoms with Crippen LogP contribution in [0, 0.1) is 0 Å². The molecule has 0 fully saturated rings. The molecule has 0 aliphatic heterocycles. The van der Waals surface area contributed by atoms with E-state index in [1.165, 1.54) is 14.2 Å². The van der Waals surface area contributed by atoms with Crippen LogP contribution >= 0.6 is 11.6 Å². The average molecular weight is 352 g/mol. The van der Waals surface area contributed by atoms with E-state index in [0.29, 0.717) is 0 Å². The summed E-state index contributed by atoms with van der Waals surface area (Å²) in [6.45, 7) is 3.38. The van der Waals surface area contributed by atoms with Crippen molar-refractivity contribution in [1.82, 2.24) is 4.72 Å². The lowest BCUT2D eigenvalue weighted by atomic mass is 10.1. The Morgan fingerprint density at radius 1 is 1.36 bits per heavy atom. The van der Waals surface area contributed by atoms with Gasteiger partial charge in [-0.05, 0) is 26.0 Å². The highest BCUT2D eigenvalue weighted by Gasteiger charge is 2.31. The summed E-state index contributed by atoms with van der Waals surface area (Å²) >= 11 is 5.83. The molecule has 0 heterocycles. The fourth-order valence-corrected chi connectivity index (χ4v) is 3.85. The number of hydrogen-bond acceptors (Lipinski definition) is 5. The van der Waals surface area contributed by atoms with E-state index in [4.69, 9.17) is 26.2 Å². The van der Waals surface area contributed by atoms with E-state index >= 15 is 0 Å². The van der Waals surface area contributed by atoms with Crippen molar-refractivity contribution in [2.45, 2.75) is 24.3 Å². The number of methoxy groups -OCH3 is 2. The summed E-state index contributed by atoms with van der Waals surface area (Å²) in [4.78, 5) is 10.9. The first kappa shape index (κ1) is 18.7. The molecule has 1 aromatic carbocycles. The van der Waals surface area contributed by atoms with Crippen molar-refractivity contribution < 1.29 is 27.8 Å². The highest BCUT2D eigenvalue weighted by Crippen LogP contribution is 2.32. The van der Waals surface area contributed by atoms with Gasteiger partial charge in [-0.1, -0.05) is 11.6 Å². The van der Waals surface area contributed by atoms with Gasteiger partial charge >= 0.3 is 5.97 Å². The van der Waals surface area contributed by atoms with Gasteiger partial charge in [0.05, 0.1) is 19.3 Å². The van der Waals surface area contributed by atoms with Gasteiger partial charge in [-0.2, -0.15) is 0 Å². The van der Waals surface area contributed by atoms with Crippen LogP contribution < -0.4 is 9.46 Å². The summed E-state index contributed by atoms with van der Waals surface area (Å²) < 4.78 is 37.4. The van der Waals surface area contributed by atoms with Gasteiger partial charge < -0.3 is 14.6 Å². The second-order valence-corrected chi connectivity index (χ2v) is 7.30. The minimum atomic E-state index is -4.06. The molecular formula is C13H18ClNO6S. The Hall–Kier alpha value is -1.35. The maximum absolute atomic E-state index is 12.5. The zero-order valence-electron chi connectivity index (χ0n) is 12.6. The van der Waals surface area contributed by atoms with E-state index < -0.39 is 21.5 Å². The Morgan fingerprint density at radius 3 is 2.41 bits per heavy atom. The molecule has 1 rings (SSSR count). The maximum Gasteiger partial charge on any atom is 0.339 e. The third-order valence-corrected chi connectivity index (χ3v) is 4.58. The number of hydrogen-bond donors (Lipinski definition) is 2. The third-order valence-electron chi connectivity index (χ3n) is 2.66. The number of carboxylic acids is 1. The molecule has 0 unspecified atom stereocenters. The smallest absolute Gasteiger partial charge is 0.339 e. The number of carboxylic acid groups (broad SMARTS) is 1. The molecule has 0 atom stereocenters. The number of rotatable bonds is 7. The highest BCUT2D eigenvalue weighted by molar-refractivity contribution is 7.89. The lowest BCUT2D eigenvalue weighted by molar-refractivity contribution is 0.0693. The Bertz CT molecular complexity index is 671. The summed E-state index contributed by atoms with van der Waals surface area (Å²) in [5.74, 6) is -1.62. The van der Waals surface area contributed by atoms with E-state index in [1.54, 1.807) is 13.8 Å². The predicted octanol–water partition coefficient (Wildman–Crippen LogP) is 1.75. The first-order valence-electron chi connectivity index (χ1n) is 6.18. The van der Waals surface area contributed by atoms with Gasteiger partial charge in [0.1, 0.15) is 10.5 Å². The molecule has 0 amide bonds. The minimum Gasteiger partial charge on any atom is -0.494 e. The summed E-state index contributed by atoms with van der Waals surface area (Å²) in [7, 11) is -1.43. The number of benzene rings is 1. The number of ether oxygens (including phenoxy) is 2. The second-order valence-electron chi connectivity index (χ2n) is 5.21. The second kappa shape index (κ2) is 6.82. The maximum atomic E-state index is 12.5. The van der Waals surface area contributed by atoms with Gasteiger partial charge in [0.25, 0.3) is 0 Å². The number of halogens is 1. The van der Waals surface area contributed by atoms with Gasteiger partial charge in [-0.25, -0.2) is 17.9 Å². The standard InChI is InChI=1S/C13H18ClNO6S/c1-13(2,7-20-3)15-22(18,19)10-6-8(14)5-9(12(16)17)11(10)21-4/h5-6,15H,7H2,1-4H3,(H,16,17). The summed E-state index contributed by atoms with van der Waals surface area (Å²) in [5, 5.41) is 9.13. The van der Waals surface area contributed by atoms with E-state index in [0.717, 1.165) is 12.1 Å². The number of sulfonamides is 1. The van der Waals surface area contributed by atoms with Crippen LogP contribution in [0.2, 0.25) is 5.02 Å². The van der Waals surface area contributed by atoms with Gasteiger partial charge in [-0.15, -0.1) is 0 Å². The van der Waals surface area contributed by atoms with Crippen molar-refractivity contribution in [3.63, 3.8) is 0 Å². The van der Waals surface area contributed by atoms with Crippen molar-refractivity contribution in [1.29, 1.82) is 0 Å². The van der Waals surface area contributed by atoms with Crippen molar-refractivity contribution in [2.75, 3.05) is 20.8 Å². The SMILES string of the molecule is COCC(C)(C)NS(=O)(=O)c1cc(Cl)cc(C(=O)O)c1OC. The Balaban J connectivity index is 3.45. The van der Waals surface area contributed by atoms with Gasteiger partial charge in [-0.3, -0.25) is 0 Å². The lowest BCUT2D eigenvalue weighted by Crippen LogP contribution is -2.46.